The number of pyridine rings is 1. The molecule has 8 heteroatoms. The lowest BCUT2D eigenvalue weighted by molar-refractivity contribution is 0.0675. The first-order valence-corrected chi connectivity index (χ1v) is 11.2. The molecule has 4 rings (SSSR count). The Morgan fingerprint density at radius 1 is 1.15 bits per heavy atom. The highest BCUT2D eigenvalue weighted by molar-refractivity contribution is 6.30. The number of halogens is 2. The van der Waals surface area contributed by atoms with Crippen molar-refractivity contribution < 1.29 is 19.0 Å². The zero-order valence-electron chi connectivity index (χ0n) is 18.7. The number of carbonyl (C=O) groups excluding carboxylic acids is 1. The maximum absolute atomic E-state index is 13.6. The normalized spacial score (nSPS) is 13.1. The van der Waals surface area contributed by atoms with Gasteiger partial charge in [0.15, 0.2) is 11.4 Å². The van der Waals surface area contributed by atoms with E-state index in [1.54, 1.807) is 22.5 Å². The molecule has 2 heterocycles. The molecule has 1 aromatic heterocycles. The Morgan fingerprint density at radius 3 is 2.53 bits per heavy atom. The Kier molecular flexibility index (Phi) is 6.86. The lowest BCUT2D eigenvalue weighted by Crippen LogP contribution is -2.43. The number of aliphatic hydroxyl groups excluding tert-OH is 1. The second-order valence-electron chi connectivity index (χ2n) is 8.17. The van der Waals surface area contributed by atoms with Crippen LogP contribution in [0.15, 0.2) is 59.9 Å². The quantitative estimate of drug-likeness (QED) is 0.541. The molecule has 0 atom stereocenters. The molecular weight excluding hydrogens is 459 g/mol. The van der Waals surface area contributed by atoms with Crippen LogP contribution in [0.3, 0.4) is 0 Å². The third kappa shape index (κ3) is 4.49. The van der Waals surface area contributed by atoms with Crippen LogP contribution in [0.25, 0.3) is 5.57 Å². The van der Waals surface area contributed by atoms with E-state index >= 15 is 0 Å². The van der Waals surface area contributed by atoms with Gasteiger partial charge < -0.3 is 19.3 Å². The van der Waals surface area contributed by atoms with Crippen molar-refractivity contribution in [1.82, 2.24) is 9.47 Å². The highest BCUT2D eigenvalue weighted by atomic mass is 35.5. The number of hydrogen-bond donors (Lipinski definition) is 1. The fourth-order valence-electron chi connectivity index (χ4n) is 4.15. The largest absolute Gasteiger partial charge is 0.483 e. The molecule has 0 saturated carbocycles. The van der Waals surface area contributed by atoms with Crippen LogP contribution in [-0.2, 0) is 26.3 Å². The first-order valence-electron chi connectivity index (χ1n) is 10.8. The molecule has 176 valence electrons. The Morgan fingerprint density at radius 2 is 1.88 bits per heavy atom. The smallest absolute Gasteiger partial charge is 0.274 e. The maximum Gasteiger partial charge on any atom is 0.274 e. The minimum atomic E-state index is -0.538. The number of amides is 1. The molecule has 0 spiro atoms. The van der Waals surface area contributed by atoms with Gasteiger partial charge in [0, 0.05) is 19.6 Å². The molecule has 2 aromatic carbocycles. The van der Waals surface area contributed by atoms with Crippen LogP contribution >= 0.6 is 11.6 Å². The standard InChI is InChI=1S/C26H24ClFN2O4/c1-16(2)22-21(14-31)30-11-10-29(13-18-8-9-20(28)19(27)12-18)26(33)23(30)25(24(22)32)34-15-17-6-4-3-5-7-17/h3-9,12,31H,1,10-11,13-15H2,2H3. The number of aromatic nitrogens is 1. The van der Waals surface area contributed by atoms with E-state index in [4.69, 9.17) is 16.3 Å². The van der Waals surface area contributed by atoms with E-state index in [9.17, 15) is 19.1 Å². The Balaban J connectivity index is 1.78. The fourth-order valence-corrected chi connectivity index (χ4v) is 4.36. The number of carbonyl (C=O) groups is 1. The van der Waals surface area contributed by atoms with E-state index in [1.165, 1.54) is 12.1 Å². The van der Waals surface area contributed by atoms with Crippen LogP contribution < -0.4 is 10.2 Å². The van der Waals surface area contributed by atoms with Crippen molar-refractivity contribution in [1.29, 1.82) is 0 Å². The van der Waals surface area contributed by atoms with Crippen molar-refractivity contribution in [3.63, 3.8) is 0 Å². The maximum atomic E-state index is 13.6. The van der Waals surface area contributed by atoms with Crippen LogP contribution in [0.5, 0.6) is 5.75 Å². The van der Waals surface area contributed by atoms with Gasteiger partial charge in [-0.1, -0.05) is 54.6 Å². The number of aliphatic hydroxyl groups is 1. The van der Waals surface area contributed by atoms with Crippen molar-refractivity contribution in [2.24, 2.45) is 0 Å². The van der Waals surface area contributed by atoms with Crippen molar-refractivity contribution >= 4 is 23.1 Å². The molecule has 0 unspecified atom stereocenters. The minimum absolute atomic E-state index is 0.0286. The molecule has 0 radical (unpaired) electrons. The van der Waals surface area contributed by atoms with E-state index in [0.717, 1.165) is 5.56 Å². The fraction of sp³-hybridized carbons (Fsp3) is 0.231. The zero-order chi connectivity index (χ0) is 24.4. The summed E-state index contributed by atoms with van der Waals surface area (Å²) in [5, 5.41) is 10.0. The van der Waals surface area contributed by atoms with Gasteiger partial charge in [-0.05, 0) is 35.8 Å². The second kappa shape index (κ2) is 9.83. The highest BCUT2D eigenvalue weighted by Gasteiger charge is 2.33. The molecule has 0 bridgehead atoms. The summed E-state index contributed by atoms with van der Waals surface area (Å²) in [4.78, 5) is 28.6. The van der Waals surface area contributed by atoms with Gasteiger partial charge in [0.2, 0.25) is 5.43 Å². The van der Waals surface area contributed by atoms with Gasteiger partial charge in [0.05, 0.1) is 22.9 Å². The van der Waals surface area contributed by atoms with Gasteiger partial charge in [-0.15, -0.1) is 0 Å². The van der Waals surface area contributed by atoms with E-state index < -0.39 is 23.8 Å². The lowest BCUT2D eigenvalue weighted by Gasteiger charge is -2.33. The first-order chi connectivity index (χ1) is 16.3. The number of fused-ring (bicyclic) bond motifs is 1. The summed E-state index contributed by atoms with van der Waals surface area (Å²) in [6, 6.07) is 13.6. The van der Waals surface area contributed by atoms with Gasteiger partial charge in [0.25, 0.3) is 5.91 Å². The van der Waals surface area contributed by atoms with Gasteiger partial charge in [0.1, 0.15) is 12.4 Å². The van der Waals surface area contributed by atoms with Crippen LogP contribution in [0.1, 0.15) is 39.8 Å². The van der Waals surface area contributed by atoms with Crippen LogP contribution in [0.4, 0.5) is 4.39 Å². The minimum Gasteiger partial charge on any atom is -0.483 e. The van der Waals surface area contributed by atoms with Gasteiger partial charge in [-0.2, -0.15) is 0 Å². The van der Waals surface area contributed by atoms with E-state index in [-0.39, 0.29) is 35.2 Å². The summed E-state index contributed by atoms with van der Waals surface area (Å²) in [5.41, 5.74) is 2.14. The van der Waals surface area contributed by atoms with Crippen molar-refractivity contribution in [3.05, 3.63) is 104 Å². The monoisotopic (exact) mass is 482 g/mol. The highest BCUT2D eigenvalue weighted by Crippen LogP contribution is 2.29. The number of nitrogens with zero attached hydrogens (tertiary/aromatic N) is 2. The zero-order valence-corrected chi connectivity index (χ0v) is 19.4. The summed E-state index contributed by atoms with van der Waals surface area (Å²) in [7, 11) is 0. The van der Waals surface area contributed by atoms with Crippen LogP contribution in [0, 0.1) is 5.82 Å². The number of ether oxygens (including phenoxy) is 1. The van der Waals surface area contributed by atoms with Crippen molar-refractivity contribution in [2.75, 3.05) is 6.54 Å². The summed E-state index contributed by atoms with van der Waals surface area (Å²) in [6.45, 7) is 6.09. The topological polar surface area (TPSA) is 71.8 Å². The molecule has 0 aliphatic carbocycles. The van der Waals surface area contributed by atoms with Gasteiger partial charge in [-0.3, -0.25) is 9.59 Å². The summed E-state index contributed by atoms with van der Waals surface area (Å²) >= 11 is 5.90. The van der Waals surface area contributed by atoms with E-state index in [0.29, 0.717) is 29.9 Å². The predicted molar refractivity (Wildman–Crippen MR) is 128 cm³/mol. The summed E-state index contributed by atoms with van der Waals surface area (Å²) < 4.78 is 21.1. The Hall–Kier alpha value is -3.42. The lowest BCUT2D eigenvalue weighted by atomic mass is 10.0. The predicted octanol–water partition coefficient (Wildman–Crippen LogP) is 4.40. The summed E-state index contributed by atoms with van der Waals surface area (Å²) in [5.74, 6) is -1.04. The summed E-state index contributed by atoms with van der Waals surface area (Å²) in [6.07, 6.45) is 0. The Bertz CT molecular complexity index is 1320. The molecule has 34 heavy (non-hydrogen) atoms. The molecule has 6 nitrogen and oxygen atoms in total. The number of rotatable bonds is 7. The number of hydrogen-bond acceptors (Lipinski definition) is 4. The SMILES string of the molecule is C=C(C)c1c(CO)n2c(c(OCc3ccccc3)c1=O)C(=O)N(Cc1ccc(F)c(Cl)c1)CC2. The Labute approximate surface area is 201 Å². The molecule has 0 fully saturated rings. The molecular formula is C26H24ClFN2O4. The number of allylic oxidation sites excluding steroid dienone is 1. The van der Waals surface area contributed by atoms with Crippen molar-refractivity contribution in [2.45, 2.75) is 33.2 Å². The third-order valence-corrected chi connectivity index (χ3v) is 6.07. The second-order valence-corrected chi connectivity index (χ2v) is 8.58. The van der Waals surface area contributed by atoms with Gasteiger partial charge in [-0.25, -0.2) is 4.39 Å². The van der Waals surface area contributed by atoms with Crippen LogP contribution in [0.2, 0.25) is 5.02 Å². The van der Waals surface area contributed by atoms with E-state index in [1.807, 2.05) is 30.3 Å². The van der Waals surface area contributed by atoms with E-state index in [2.05, 4.69) is 6.58 Å². The average molecular weight is 483 g/mol. The van der Waals surface area contributed by atoms with Gasteiger partial charge >= 0.3 is 0 Å². The van der Waals surface area contributed by atoms with Crippen LogP contribution in [-0.4, -0.2) is 27.0 Å². The third-order valence-electron chi connectivity index (χ3n) is 5.78. The molecule has 1 amide bonds. The first kappa shape index (κ1) is 23.7. The molecule has 1 N–H and O–H groups in total. The molecule has 3 aromatic rings. The average Bonchev–Trinajstić information content (AvgIpc) is 2.82. The molecule has 1 aliphatic rings. The molecule has 0 saturated heterocycles. The number of benzene rings is 2. The molecule has 1 aliphatic heterocycles. The van der Waals surface area contributed by atoms with Crippen molar-refractivity contribution in [3.8, 4) is 5.75 Å².